The van der Waals surface area contributed by atoms with E-state index in [1.54, 1.807) is 48.5 Å². The van der Waals surface area contributed by atoms with Gasteiger partial charge in [-0.15, -0.1) is 0 Å². The third-order valence-electron chi connectivity index (χ3n) is 5.91. The van der Waals surface area contributed by atoms with Crippen LogP contribution in [0.15, 0.2) is 107 Å². The molecule has 184 valence electrons. The van der Waals surface area contributed by atoms with Gasteiger partial charge in [0.25, 0.3) is 0 Å². The van der Waals surface area contributed by atoms with Crippen molar-refractivity contribution in [3.05, 3.63) is 97.1 Å². The molecule has 0 aromatic heterocycles. The van der Waals surface area contributed by atoms with E-state index in [0.29, 0.717) is 47.6 Å². The lowest BCUT2D eigenvalue weighted by Gasteiger charge is -2.06. The van der Waals surface area contributed by atoms with E-state index in [1.807, 2.05) is 24.3 Å². The Hall–Kier alpha value is -4.06. The highest BCUT2D eigenvalue weighted by Gasteiger charge is 2.10. The fourth-order valence-corrected chi connectivity index (χ4v) is 3.95. The van der Waals surface area contributed by atoms with Crippen molar-refractivity contribution < 1.29 is 19.1 Å². The van der Waals surface area contributed by atoms with Crippen LogP contribution in [0.2, 0.25) is 0 Å². The van der Waals surface area contributed by atoms with Crippen LogP contribution in [0.1, 0.15) is 38.5 Å². The average molecular weight is 483 g/mol. The maximum Gasteiger partial charge on any atom is 0.311 e. The lowest BCUT2D eigenvalue weighted by atomic mass is 10.0. The summed E-state index contributed by atoms with van der Waals surface area (Å²) in [5.74, 6) is 1.36. The summed E-state index contributed by atoms with van der Waals surface area (Å²) in [5.41, 5.74) is 1.27. The maximum atomic E-state index is 12.0. The van der Waals surface area contributed by atoms with Crippen LogP contribution in [0, 0.1) is 11.8 Å². The highest BCUT2D eigenvalue weighted by atomic mass is 16.5. The van der Waals surface area contributed by atoms with E-state index in [-0.39, 0.29) is 11.9 Å². The van der Waals surface area contributed by atoms with Crippen LogP contribution >= 0.6 is 0 Å². The molecule has 0 heterocycles. The monoisotopic (exact) mass is 482 g/mol. The Bertz CT molecular complexity index is 1060. The molecule has 36 heavy (non-hydrogen) atoms. The Morgan fingerprint density at radius 2 is 0.944 bits per heavy atom. The van der Waals surface area contributed by atoms with Crippen molar-refractivity contribution in [3.63, 3.8) is 0 Å². The molecule has 2 aromatic rings. The number of benzene rings is 2. The van der Waals surface area contributed by atoms with Crippen LogP contribution in [-0.2, 0) is 9.59 Å². The molecule has 0 aliphatic heterocycles. The number of allylic oxidation sites excluding steroid dienone is 8. The number of hydrogen-bond acceptors (Lipinski definition) is 6. The zero-order valence-electron chi connectivity index (χ0n) is 20.2. The Balaban J connectivity index is 1.17. The van der Waals surface area contributed by atoms with Gasteiger partial charge in [0.05, 0.1) is 11.4 Å². The van der Waals surface area contributed by atoms with Crippen LogP contribution in [0.3, 0.4) is 0 Å². The second kappa shape index (κ2) is 13.1. The van der Waals surface area contributed by atoms with Crippen molar-refractivity contribution in [2.75, 3.05) is 0 Å². The normalized spacial score (nSPS) is 14.8. The van der Waals surface area contributed by atoms with Gasteiger partial charge in [0.15, 0.2) is 0 Å². The van der Waals surface area contributed by atoms with E-state index in [9.17, 15) is 9.59 Å². The first kappa shape index (κ1) is 25.0. The summed E-state index contributed by atoms with van der Waals surface area (Å²) in [6, 6.07) is 13.8. The smallest absolute Gasteiger partial charge is 0.311 e. The van der Waals surface area contributed by atoms with E-state index in [2.05, 4.69) is 34.5 Å². The third-order valence-corrected chi connectivity index (χ3v) is 5.91. The fourth-order valence-electron chi connectivity index (χ4n) is 3.95. The van der Waals surface area contributed by atoms with Gasteiger partial charge in [-0.05, 0) is 86.1 Å². The zero-order valence-corrected chi connectivity index (χ0v) is 20.2. The standard InChI is InChI=1S/C30H30N2O4/c33-29(13-5-11-23-7-1-2-8-23)35-27-19-15-25(16-20-27)31-32-26-17-21-28(22-18-26)36-30(34)14-6-12-24-9-3-4-10-24/h1-4,7-10,15-24H,5-6,11-14H2. The Morgan fingerprint density at radius 3 is 1.31 bits per heavy atom. The molecule has 0 radical (unpaired) electrons. The lowest BCUT2D eigenvalue weighted by Crippen LogP contribution is -2.08. The largest absolute Gasteiger partial charge is 0.427 e. The van der Waals surface area contributed by atoms with E-state index >= 15 is 0 Å². The van der Waals surface area contributed by atoms with Crippen LogP contribution in [0.4, 0.5) is 11.4 Å². The molecule has 6 heteroatoms. The van der Waals surface area contributed by atoms with Crippen LogP contribution < -0.4 is 9.47 Å². The number of carbonyl (C=O) groups is 2. The van der Waals surface area contributed by atoms with Crippen LogP contribution in [-0.4, -0.2) is 11.9 Å². The Kier molecular flexibility index (Phi) is 9.14. The van der Waals surface area contributed by atoms with Crippen LogP contribution in [0.5, 0.6) is 11.5 Å². The minimum atomic E-state index is -0.237. The second-order valence-corrected chi connectivity index (χ2v) is 8.79. The van der Waals surface area contributed by atoms with Crippen molar-refractivity contribution in [1.82, 2.24) is 0 Å². The summed E-state index contributed by atoms with van der Waals surface area (Å²) < 4.78 is 10.8. The number of carbonyl (C=O) groups excluding carboxylic acids is 2. The molecule has 6 nitrogen and oxygen atoms in total. The number of ether oxygens (including phenoxy) is 2. The van der Waals surface area contributed by atoms with Gasteiger partial charge in [0.2, 0.25) is 0 Å². The molecular formula is C30H30N2O4. The van der Waals surface area contributed by atoms with E-state index in [0.717, 1.165) is 25.7 Å². The van der Waals surface area contributed by atoms with Gasteiger partial charge in [-0.2, -0.15) is 10.2 Å². The first-order chi connectivity index (χ1) is 17.6. The molecule has 0 unspecified atom stereocenters. The summed E-state index contributed by atoms with van der Waals surface area (Å²) in [7, 11) is 0. The van der Waals surface area contributed by atoms with Crippen molar-refractivity contribution in [1.29, 1.82) is 0 Å². The van der Waals surface area contributed by atoms with Crippen molar-refractivity contribution in [2.24, 2.45) is 22.1 Å². The predicted octanol–water partition coefficient (Wildman–Crippen LogP) is 7.74. The van der Waals surface area contributed by atoms with Gasteiger partial charge in [0.1, 0.15) is 11.5 Å². The van der Waals surface area contributed by atoms with E-state index in [1.165, 1.54) is 0 Å². The first-order valence-electron chi connectivity index (χ1n) is 12.4. The molecular weight excluding hydrogens is 452 g/mol. The molecule has 0 bridgehead atoms. The minimum Gasteiger partial charge on any atom is -0.427 e. The summed E-state index contributed by atoms with van der Waals surface area (Å²) in [6.07, 6.45) is 20.9. The van der Waals surface area contributed by atoms with Gasteiger partial charge >= 0.3 is 11.9 Å². The number of hydrogen-bond donors (Lipinski definition) is 0. The van der Waals surface area contributed by atoms with E-state index in [4.69, 9.17) is 9.47 Å². The molecule has 0 N–H and O–H groups in total. The molecule has 0 spiro atoms. The van der Waals surface area contributed by atoms with Gasteiger partial charge in [0, 0.05) is 12.8 Å². The van der Waals surface area contributed by atoms with Crippen molar-refractivity contribution >= 4 is 23.3 Å². The number of nitrogens with zero attached hydrogens (tertiary/aromatic N) is 2. The zero-order chi connectivity index (χ0) is 25.0. The predicted molar refractivity (Wildman–Crippen MR) is 140 cm³/mol. The van der Waals surface area contributed by atoms with Crippen molar-refractivity contribution in [2.45, 2.75) is 38.5 Å². The molecule has 0 fully saturated rings. The number of rotatable bonds is 12. The molecule has 0 amide bonds. The van der Waals surface area contributed by atoms with Crippen LogP contribution in [0.25, 0.3) is 0 Å². The average Bonchev–Trinajstić information content (AvgIpc) is 3.59. The highest BCUT2D eigenvalue weighted by Crippen LogP contribution is 2.24. The fraction of sp³-hybridized carbons (Fsp3) is 0.267. The summed E-state index contributed by atoms with van der Waals surface area (Å²) >= 11 is 0. The molecule has 4 rings (SSSR count). The third kappa shape index (κ3) is 8.31. The molecule has 2 aliphatic carbocycles. The van der Waals surface area contributed by atoms with Gasteiger partial charge in [-0.25, -0.2) is 0 Å². The summed E-state index contributed by atoms with van der Waals surface area (Å²) in [5, 5.41) is 8.42. The second-order valence-electron chi connectivity index (χ2n) is 8.79. The number of esters is 2. The summed E-state index contributed by atoms with van der Waals surface area (Å²) in [4.78, 5) is 24.1. The van der Waals surface area contributed by atoms with Gasteiger partial charge in [-0.3, -0.25) is 9.59 Å². The van der Waals surface area contributed by atoms with Crippen molar-refractivity contribution in [3.8, 4) is 11.5 Å². The Labute approximate surface area is 211 Å². The highest BCUT2D eigenvalue weighted by molar-refractivity contribution is 5.73. The molecule has 0 saturated carbocycles. The topological polar surface area (TPSA) is 77.3 Å². The SMILES string of the molecule is O=C(CCCC1C=CC=C1)Oc1ccc(N=Nc2ccc(OC(=O)CCCC3C=CC=C3)cc2)cc1. The lowest BCUT2D eigenvalue weighted by molar-refractivity contribution is -0.135. The molecule has 0 saturated heterocycles. The Morgan fingerprint density at radius 1 is 0.583 bits per heavy atom. The quantitative estimate of drug-likeness (QED) is 0.176. The maximum absolute atomic E-state index is 12.0. The van der Waals surface area contributed by atoms with Gasteiger partial charge in [-0.1, -0.05) is 48.6 Å². The first-order valence-corrected chi connectivity index (χ1v) is 12.4. The summed E-state index contributed by atoms with van der Waals surface area (Å²) in [6.45, 7) is 0. The van der Waals surface area contributed by atoms with Gasteiger partial charge < -0.3 is 9.47 Å². The molecule has 2 aromatic carbocycles. The van der Waals surface area contributed by atoms with E-state index < -0.39 is 0 Å². The minimum absolute atomic E-state index is 0.237. The number of azo groups is 1. The molecule has 2 aliphatic rings. The molecule has 0 atom stereocenters.